The third kappa shape index (κ3) is 1.18. The topological polar surface area (TPSA) is 35.5 Å². The minimum absolute atomic E-state index is 0.0175. The lowest BCUT2D eigenvalue weighted by Gasteiger charge is -2.06. The molecule has 2 heterocycles. The molecule has 13 heavy (non-hydrogen) atoms. The Bertz CT molecular complexity index is 264. The highest BCUT2D eigenvalue weighted by atomic mass is 31.1. The number of carbonyl (C=O) groups excluding carboxylic acids is 1. The van der Waals surface area contributed by atoms with Crippen LogP contribution >= 0.6 is 7.55 Å². The molecule has 0 saturated carbocycles. The smallest absolute Gasteiger partial charge is 0.422 e. The molecule has 0 amide bonds. The van der Waals surface area contributed by atoms with Crippen molar-refractivity contribution in [1.29, 1.82) is 0 Å². The maximum absolute atomic E-state index is 10.9. The fourth-order valence-electron chi connectivity index (χ4n) is 2.20. The Kier molecular flexibility index (Phi) is 2.07. The summed E-state index contributed by atoms with van der Waals surface area (Å²) in [5.74, 6) is 0. The van der Waals surface area contributed by atoms with Crippen LogP contribution in [0.1, 0.15) is 20.3 Å². The lowest BCUT2D eigenvalue weighted by molar-refractivity contribution is 0.114. The normalized spacial score (nSPS) is 45.7. The zero-order valence-electron chi connectivity index (χ0n) is 7.90. The number of fused-ring (bicyclic) bond motifs is 1. The maximum atomic E-state index is 10.9. The largest absolute Gasteiger partial charge is 0.509 e. The van der Waals surface area contributed by atoms with E-state index in [2.05, 4.69) is 20.1 Å². The zero-order chi connectivity index (χ0) is 9.59. The predicted molar refractivity (Wildman–Crippen MR) is 52.7 cm³/mol. The fraction of sp³-hybridized carbons (Fsp3) is 0.778. The molecule has 5 unspecified atom stereocenters. The van der Waals surface area contributed by atoms with E-state index in [1.165, 1.54) is 0 Å². The van der Waals surface area contributed by atoms with Crippen LogP contribution in [-0.2, 0) is 9.47 Å². The molecule has 4 heteroatoms. The van der Waals surface area contributed by atoms with Crippen molar-refractivity contribution in [3.05, 3.63) is 0 Å². The Hall–Kier alpha value is -0.560. The minimum Gasteiger partial charge on any atom is -0.422 e. The molecule has 2 fully saturated rings. The van der Waals surface area contributed by atoms with E-state index in [1.54, 1.807) is 0 Å². The van der Waals surface area contributed by atoms with Gasteiger partial charge in [0.1, 0.15) is 7.55 Å². The average Bonchev–Trinajstić information content (AvgIpc) is 2.54. The first-order chi connectivity index (χ1) is 6.15. The van der Waals surface area contributed by atoms with Gasteiger partial charge in [-0.2, -0.15) is 0 Å². The average molecular weight is 201 g/mol. The lowest BCUT2D eigenvalue weighted by Crippen LogP contribution is -2.28. The van der Waals surface area contributed by atoms with E-state index in [4.69, 9.17) is 9.47 Å². The second-order valence-electron chi connectivity index (χ2n) is 3.65. The molecule has 5 atom stereocenters. The molecule has 0 bridgehead atoms. The molecule has 2 aliphatic heterocycles. The van der Waals surface area contributed by atoms with Gasteiger partial charge in [0, 0.05) is 0 Å². The quantitative estimate of drug-likeness (QED) is 0.480. The Morgan fingerprint density at radius 1 is 1.46 bits per heavy atom. The Morgan fingerprint density at radius 2 is 2.08 bits per heavy atom. The van der Waals surface area contributed by atoms with Gasteiger partial charge in [0.2, 0.25) is 0 Å². The van der Waals surface area contributed by atoms with Gasteiger partial charge in [-0.1, -0.05) is 6.92 Å². The summed E-state index contributed by atoms with van der Waals surface area (Å²) in [4.78, 5) is 10.9. The molecule has 2 aliphatic rings. The molecule has 0 N–H and O–H groups in total. The van der Waals surface area contributed by atoms with Crippen LogP contribution in [0.4, 0.5) is 4.79 Å². The Morgan fingerprint density at radius 3 is 2.69 bits per heavy atom. The van der Waals surface area contributed by atoms with Crippen LogP contribution in [0.5, 0.6) is 0 Å². The summed E-state index contributed by atoms with van der Waals surface area (Å²) < 4.78 is 10.3. The number of hydrogen-bond donors (Lipinski definition) is 0. The zero-order valence-corrected chi connectivity index (χ0v) is 8.79. The SMILES string of the molecule is C=[P+]1C(C)C2OC(=O)OC2C1CC. The van der Waals surface area contributed by atoms with Gasteiger partial charge in [-0.15, -0.1) is 0 Å². The van der Waals surface area contributed by atoms with E-state index in [-0.39, 0.29) is 19.8 Å². The third-order valence-electron chi connectivity index (χ3n) is 3.01. The first-order valence-corrected chi connectivity index (χ1v) is 6.27. The van der Waals surface area contributed by atoms with Gasteiger partial charge < -0.3 is 9.47 Å². The highest BCUT2D eigenvalue weighted by Crippen LogP contribution is 2.51. The number of rotatable bonds is 1. The summed E-state index contributed by atoms with van der Waals surface area (Å²) in [6.45, 7) is 4.22. The Balaban J connectivity index is 2.24. The molecule has 3 nitrogen and oxygen atoms in total. The lowest BCUT2D eigenvalue weighted by atomic mass is 10.1. The van der Waals surface area contributed by atoms with Crippen molar-refractivity contribution in [2.24, 2.45) is 0 Å². The van der Waals surface area contributed by atoms with Crippen LogP contribution in [0, 0.1) is 0 Å². The molecule has 0 aromatic rings. The highest BCUT2D eigenvalue weighted by molar-refractivity contribution is 7.57. The van der Waals surface area contributed by atoms with Crippen molar-refractivity contribution in [2.45, 2.75) is 43.8 Å². The second kappa shape index (κ2) is 2.98. The first-order valence-electron chi connectivity index (χ1n) is 4.61. The standard InChI is InChI=1S/C9H14O3P/c1-4-6-8-7(5(2)13(6)3)11-9(10)12-8/h5-8H,3-4H2,1-2H3/q+1. The van der Waals surface area contributed by atoms with E-state index in [0.717, 1.165) is 6.42 Å². The summed E-state index contributed by atoms with van der Waals surface area (Å²) in [5.41, 5.74) is 0.817. The highest BCUT2D eigenvalue weighted by Gasteiger charge is 2.59. The minimum atomic E-state index is -0.497. The molecule has 2 saturated heterocycles. The molecule has 0 spiro atoms. The van der Waals surface area contributed by atoms with E-state index in [1.807, 2.05) is 0 Å². The van der Waals surface area contributed by atoms with E-state index >= 15 is 0 Å². The molecule has 0 aromatic carbocycles. The van der Waals surface area contributed by atoms with Gasteiger partial charge in [0.15, 0.2) is 23.5 Å². The van der Waals surface area contributed by atoms with Crippen LogP contribution in [0.15, 0.2) is 0 Å². The predicted octanol–water partition coefficient (Wildman–Crippen LogP) is 1.98. The summed E-state index contributed by atoms with van der Waals surface area (Å²) in [6.07, 6.45) is 4.66. The van der Waals surface area contributed by atoms with Gasteiger partial charge in [0.25, 0.3) is 0 Å². The van der Waals surface area contributed by atoms with Gasteiger partial charge in [-0.25, -0.2) is 4.79 Å². The van der Waals surface area contributed by atoms with Crippen molar-refractivity contribution in [2.75, 3.05) is 0 Å². The van der Waals surface area contributed by atoms with Crippen LogP contribution in [0.2, 0.25) is 0 Å². The molecular weight excluding hydrogens is 187 g/mol. The maximum Gasteiger partial charge on any atom is 0.509 e. The number of hydrogen-bond acceptors (Lipinski definition) is 3. The molecule has 0 aromatic heterocycles. The van der Waals surface area contributed by atoms with Crippen molar-refractivity contribution in [3.8, 4) is 0 Å². The van der Waals surface area contributed by atoms with Crippen molar-refractivity contribution >= 4 is 20.0 Å². The van der Waals surface area contributed by atoms with Crippen LogP contribution < -0.4 is 0 Å². The van der Waals surface area contributed by atoms with Crippen LogP contribution in [0.25, 0.3) is 0 Å². The van der Waals surface area contributed by atoms with Gasteiger partial charge in [-0.05, 0) is 13.3 Å². The summed E-state index contributed by atoms with van der Waals surface area (Å²) in [6, 6.07) is 0. The molecule has 0 radical (unpaired) electrons. The monoisotopic (exact) mass is 201 g/mol. The molecular formula is C9H14O3P+. The number of ether oxygens (including phenoxy) is 2. The number of carbonyl (C=O) groups is 1. The van der Waals surface area contributed by atoms with Crippen LogP contribution in [0.3, 0.4) is 0 Å². The van der Waals surface area contributed by atoms with Gasteiger partial charge in [-0.3, -0.25) is 0 Å². The van der Waals surface area contributed by atoms with E-state index < -0.39 is 6.16 Å². The van der Waals surface area contributed by atoms with Gasteiger partial charge >= 0.3 is 6.16 Å². The summed E-state index contributed by atoms with van der Waals surface area (Å²) >= 11 is 0. The summed E-state index contributed by atoms with van der Waals surface area (Å²) in [7, 11) is -0.294. The van der Waals surface area contributed by atoms with E-state index in [0.29, 0.717) is 11.3 Å². The van der Waals surface area contributed by atoms with Crippen molar-refractivity contribution < 1.29 is 14.3 Å². The summed E-state index contributed by atoms with van der Waals surface area (Å²) in [5, 5.41) is 0. The van der Waals surface area contributed by atoms with Crippen molar-refractivity contribution in [3.63, 3.8) is 0 Å². The third-order valence-corrected chi connectivity index (χ3v) is 5.86. The van der Waals surface area contributed by atoms with E-state index in [9.17, 15) is 4.79 Å². The van der Waals surface area contributed by atoms with Crippen LogP contribution in [-0.4, -0.2) is 36.0 Å². The van der Waals surface area contributed by atoms with Crippen molar-refractivity contribution in [1.82, 2.24) is 0 Å². The fourth-order valence-corrected chi connectivity index (χ4v) is 4.49. The molecule has 72 valence electrons. The van der Waals surface area contributed by atoms with Gasteiger partial charge in [0.05, 0.1) is 6.30 Å². The Labute approximate surface area is 78.8 Å². The molecule has 2 rings (SSSR count). The molecule has 0 aliphatic carbocycles. The second-order valence-corrected chi connectivity index (χ2v) is 6.15. The first kappa shape index (κ1) is 9.01.